The zero-order valence-electron chi connectivity index (χ0n) is 17.5. The van der Waals surface area contributed by atoms with Crippen molar-refractivity contribution in [1.29, 1.82) is 0 Å². The molecule has 0 saturated carbocycles. The fourth-order valence-electron chi connectivity index (χ4n) is 3.72. The Morgan fingerprint density at radius 2 is 2.00 bits per heavy atom. The number of para-hydroxylation sites is 1. The highest BCUT2D eigenvalue weighted by Gasteiger charge is 2.34. The van der Waals surface area contributed by atoms with Crippen molar-refractivity contribution in [3.8, 4) is 5.75 Å². The zero-order valence-corrected chi connectivity index (χ0v) is 18.3. The molecule has 5 nitrogen and oxygen atoms in total. The first-order valence-electron chi connectivity index (χ1n) is 10.4. The second-order valence-electron chi connectivity index (χ2n) is 7.41. The Kier molecular flexibility index (Phi) is 7.31. The number of fused-ring (bicyclic) bond motifs is 1. The van der Waals surface area contributed by atoms with Crippen LogP contribution in [0.2, 0.25) is 0 Å². The standard InChI is InChI=1S/C23H30N2O3S/c1-4-17(3)25(22(26)5-2)15-23(27)24-13-11-21-19(12-14-29-21)20(24)16-28-18-9-7-6-8-10-18/h6-10,12,14,17,20H,4-5,11,13,15-16H2,1-3H3. The van der Waals surface area contributed by atoms with Crippen molar-refractivity contribution in [1.82, 2.24) is 9.80 Å². The third kappa shape index (κ3) is 4.99. The van der Waals surface area contributed by atoms with E-state index in [0.717, 1.165) is 18.6 Å². The van der Waals surface area contributed by atoms with E-state index in [2.05, 4.69) is 11.4 Å². The molecule has 0 fully saturated rings. The summed E-state index contributed by atoms with van der Waals surface area (Å²) in [4.78, 5) is 30.6. The van der Waals surface area contributed by atoms with Crippen LogP contribution >= 0.6 is 11.3 Å². The van der Waals surface area contributed by atoms with Crippen LogP contribution in [0.15, 0.2) is 41.8 Å². The molecule has 0 aliphatic carbocycles. The summed E-state index contributed by atoms with van der Waals surface area (Å²) >= 11 is 1.74. The molecule has 0 saturated heterocycles. The van der Waals surface area contributed by atoms with Gasteiger partial charge in [0.05, 0.1) is 6.04 Å². The van der Waals surface area contributed by atoms with Crippen LogP contribution in [0, 0.1) is 0 Å². The largest absolute Gasteiger partial charge is 0.491 e. The quantitative estimate of drug-likeness (QED) is 0.647. The Morgan fingerprint density at radius 3 is 2.69 bits per heavy atom. The Labute approximate surface area is 177 Å². The summed E-state index contributed by atoms with van der Waals surface area (Å²) in [7, 11) is 0. The van der Waals surface area contributed by atoms with Crippen molar-refractivity contribution in [2.45, 2.75) is 52.1 Å². The van der Waals surface area contributed by atoms with Crippen LogP contribution in [0.4, 0.5) is 0 Å². The lowest BCUT2D eigenvalue weighted by Crippen LogP contribution is -2.49. The summed E-state index contributed by atoms with van der Waals surface area (Å²) in [5, 5.41) is 2.08. The zero-order chi connectivity index (χ0) is 20.8. The van der Waals surface area contributed by atoms with E-state index in [1.54, 1.807) is 16.2 Å². The topological polar surface area (TPSA) is 49.9 Å². The average molecular weight is 415 g/mol. The molecule has 2 atom stereocenters. The third-order valence-electron chi connectivity index (χ3n) is 5.62. The molecule has 0 radical (unpaired) electrons. The number of carbonyl (C=O) groups excluding carboxylic acids is 2. The van der Waals surface area contributed by atoms with Gasteiger partial charge in [-0.25, -0.2) is 0 Å². The maximum absolute atomic E-state index is 13.3. The predicted octanol–water partition coefficient (Wildman–Crippen LogP) is 4.29. The molecule has 0 bridgehead atoms. The molecule has 2 amide bonds. The maximum Gasteiger partial charge on any atom is 0.242 e. The molecular weight excluding hydrogens is 384 g/mol. The summed E-state index contributed by atoms with van der Waals surface area (Å²) in [6.45, 7) is 7.08. The van der Waals surface area contributed by atoms with Crippen molar-refractivity contribution in [2.75, 3.05) is 19.7 Å². The number of carbonyl (C=O) groups is 2. The number of hydrogen-bond donors (Lipinski definition) is 0. The van der Waals surface area contributed by atoms with Gasteiger partial charge in [-0.15, -0.1) is 11.3 Å². The molecule has 2 aromatic rings. The van der Waals surface area contributed by atoms with Gasteiger partial charge >= 0.3 is 0 Å². The van der Waals surface area contributed by atoms with Crippen molar-refractivity contribution in [3.05, 3.63) is 52.2 Å². The van der Waals surface area contributed by atoms with Gasteiger partial charge in [-0.05, 0) is 48.9 Å². The third-order valence-corrected chi connectivity index (χ3v) is 6.61. The molecular formula is C23H30N2O3S. The number of hydrogen-bond acceptors (Lipinski definition) is 4. The SMILES string of the molecule is CCC(=O)N(CC(=O)N1CCc2sccc2C1COc1ccccc1)C(C)CC. The second-order valence-corrected chi connectivity index (χ2v) is 8.41. The van der Waals surface area contributed by atoms with Gasteiger partial charge in [0.1, 0.15) is 18.9 Å². The maximum atomic E-state index is 13.3. The number of benzene rings is 1. The van der Waals surface area contributed by atoms with Gasteiger partial charge in [0.2, 0.25) is 11.8 Å². The number of amides is 2. The van der Waals surface area contributed by atoms with Crippen molar-refractivity contribution in [3.63, 3.8) is 0 Å². The van der Waals surface area contributed by atoms with Crippen molar-refractivity contribution in [2.24, 2.45) is 0 Å². The Morgan fingerprint density at radius 1 is 1.24 bits per heavy atom. The van der Waals surface area contributed by atoms with Crippen molar-refractivity contribution < 1.29 is 14.3 Å². The van der Waals surface area contributed by atoms with Gasteiger partial charge in [-0.1, -0.05) is 32.0 Å². The number of rotatable bonds is 8. The molecule has 1 aliphatic heterocycles. The van der Waals surface area contributed by atoms with E-state index in [4.69, 9.17) is 4.74 Å². The van der Waals surface area contributed by atoms with Crippen LogP contribution < -0.4 is 4.74 Å². The number of nitrogens with zero attached hydrogens (tertiary/aromatic N) is 2. The molecule has 29 heavy (non-hydrogen) atoms. The van der Waals surface area contributed by atoms with E-state index in [1.165, 1.54) is 10.4 Å². The molecule has 6 heteroatoms. The van der Waals surface area contributed by atoms with E-state index >= 15 is 0 Å². The highest BCUT2D eigenvalue weighted by atomic mass is 32.1. The van der Waals surface area contributed by atoms with Gasteiger partial charge in [0.15, 0.2) is 0 Å². The Bertz CT molecular complexity index is 821. The average Bonchev–Trinajstić information content (AvgIpc) is 3.24. The molecule has 2 heterocycles. The van der Waals surface area contributed by atoms with E-state index in [1.807, 2.05) is 56.0 Å². The van der Waals surface area contributed by atoms with Gasteiger partial charge in [-0.2, -0.15) is 0 Å². The first-order chi connectivity index (χ1) is 14.0. The normalized spacial score (nSPS) is 16.8. The lowest BCUT2D eigenvalue weighted by molar-refractivity contribution is -0.144. The first-order valence-corrected chi connectivity index (χ1v) is 11.3. The van der Waals surface area contributed by atoms with Gasteiger partial charge < -0.3 is 14.5 Å². The fourth-order valence-corrected chi connectivity index (χ4v) is 4.64. The summed E-state index contributed by atoms with van der Waals surface area (Å²) in [6, 6.07) is 11.7. The van der Waals surface area contributed by atoms with E-state index in [0.29, 0.717) is 19.6 Å². The van der Waals surface area contributed by atoms with Crippen molar-refractivity contribution >= 4 is 23.2 Å². The second kappa shape index (κ2) is 9.92. The van der Waals surface area contributed by atoms with Crippen LogP contribution in [0.1, 0.15) is 50.1 Å². The van der Waals surface area contributed by atoms with Crippen LogP contribution in [-0.2, 0) is 16.0 Å². The van der Waals surface area contributed by atoms with Gasteiger partial charge in [-0.3, -0.25) is 9.59 Å². The van der Waals surface area contributed by atoms with Gasteiger partial charge in [0, 0.05) is 23.9 Å². The fraction of sp³-hybridized carbons (Fsp3) is 0.478. The summed E-state index contributed by atoms with van der Waals surface area (Å²) in [6.07, 6.45) is 2.09. The molecule has 1 aromatic carbocycles. The van der Waals surface area contributed by atoms with E-state index in [-0.39, 0.29) is 30.4 Å². The first kappa shape index (κ1) is 21.4. The molecule has 156 valence electrons. The molecule has 3 rings (SSSR count). The smallest absolute Gasteiger partial charge is 0.242 e. The molecule has 0 N–H and O–H groups in total. The number of ether oxygens (including phenoxy) is 1. The predicted molar refractivity (Wildman–Crippen MR) is 116 cm³/mol. The minimum Gasteiger partial charge on any atom is -0.491 e. The lowest BCUT2D eigenvalue weighted by atomic mass is 10.00. The molecule has 2 unspecified atom stereocenters. The minimum atomic E-state index is -0.131. The number of thiophene rings is 1. The molecule has 0 spiro atoms. The monoisotopic (exact) mass is 414 g/mol. The summed E-state index contributed by atoms with van der Waals surface area (Å²) in [5.41, 5.74) is 1.17. The van der Waals surface area contributed by atoms with E-state index in [9.17, 15) is 9.59 Å². The Balaban J connectivity index is 1.78. The van der Waals surface area contributed by atoms with Gasteiger partial charge in [0.25, 0.3) is 0 Å². The van der Waals surface area contributed by atoms with Crippen LogP contribution in [0.3, 0.4) is 0 Å². The minimum absolute atomic E-state index is 0.00869. The van der Waals surface area contributed by atoms with Crippen LogP contribution in [-0.4, -0.2) is 47.4 Å². The van der Waals surface area contributed by atoms with Crippen LogP contribution in [0.25, 0.3) is 0 Å². The summed E-state index contributed by atoms with van der Waals surface area (Å²) in [5.74, 6) is 0.813. The van der Waals surface area contributed by atoms with Crippen LogP contribution in [0.5, 0.6) is 5.75 Å². The molecule has 1 aromatic heterocycles. The Hall–Kier alpha value is -2.34. The highest BCUT2D eigenvalue weighted by Crippen LogP contribution is 2.34. The van der Waals surface area contributed by atoms with E-state index < -0.39 is 0 Å². The molecule has 1 aliphatic rings. The summed E-state index contributed by atoms with van der Waals surface area (Å²) < 4.78 is 6.02. The highest BCUT2D eigenvalue weighted by molar-refractivity contribution is 7.10. The lowest BCUT2D eigenvalue weighted by Gasteiger charge is -2.38.